The maximum absolute atomic E-state index is 13.4. The van der Waals surface area contributed by atoms with Crippen molar-refractivity contribution in [3.8, 4) is 5.75 Å². The molecule has 3 rings (SSSR count). The predicted octanol–water partition coefficient (Wildman–Crippen LogP) is 5.49. The lowest BCUT2D eigenvalue weighted by Gasteiger charge is -2.32. The number of rotatable bonds is 11. The quantitative estimate of drug-likeness (QED) is 0.460. The van der Waals surface area contributed by atoms with Crippen molar-refractivity contribution in [2.45, 2.75) is 76.8 Å². The van der Waals surface area contributed by atoms with E-state index in [0.29, 0.717) is 18.7 Å². The van der Waals surface area contributed by atoms with Gasteiger partial charge in [-0.15, -0.1) is 11.8 Å². The molecule has 1 saturated carbocycles. The highest BCUT2D eigenvalue weighted by atomic mass is 32.2. The molecule has 0 aromatic heterocycles. The van der Waals surface area contributed by atoms with E-state index in [-0.39, 0.29) is 17.9 Å². The number of hydrogen-bond acceptors (Lipinski definition) is 4. The molecule has 6 heteroatoms. The zero-order valence-corrected chi connectivity index (χ0v) is 21.5. The molecule has 1 aliphatic rings. The molecule has 1 atom stereocenters. The number of nitrogens with zero attached hydrogens (tertiary/aromatic N) is 1. The first kappa shape index (κ1) is 26.1. The van der Waals surface area contributed by atoms with Crippen molar-refractivity contribution in [3.05, 3.63) is 65.2 Å². The van der Waals surface area contributed by atoms with Crippen LogP contribution in [-0.2, 0) is 21.9 Å². The van der Waals surface area contributed by atoms with Gasteiger partial charge in [0.2, 0.25) is 11.8 Å². The van der Waals surface area contributed by atoms with E-state index in [1.165, 1.54) is 12.0 Å². The Morgan fingerprint density at radius 3 is 2.29 bits per heavy atom. The average Bonchev–Trinajstić information content (AvgIpc) is 2.86. The Morgan fingerprint density at radius 1 is 1.03 bits per heavy atom. The summed E-state index contributed by atoms with van der Waals surface area (Å²) in [4.78, 5) is 28.5. The second-order valence-corrected chi connectivity index (χ2v) is 10.1. The zero-order chi connectivity index (χ0) is 24.3. The topological polar surface area (TPSA) is 58.6 Å². The van der Waals surface area contributed by atoms with Gasteiger partial charge in [0.1, 0.15) is 11.8 Å². The van der Waals surface area contributed by atoms with Crippen molar-refractivity contribution in [1.82, 2.24) is 10.2 Å². The number of benzene rings is 2. The lowest BCUT2D eigenvalue weighted by atomic mass is 9.95. The lowest BCUT2D eigenvalue weighted by molar-refractivity contribution is -0.139. The van der Waals surface area contributed by atoms with E-state index >= 15 is 0 Å². The minimum Gasteiger partial charge on any atom is -0.497 e. The molecule has 1 fully saturated rings. The fourth-order valence-electron chi connectivity index (χ4n) is 4.41. The summed E-state index contributed by atoms with van der Waals surface area (Å²) in [6.45, 7) is 4.48. The summed E-state index contributed by atoms with van der Waals surface area (Å²) in [5.41, 5.74) is 3.37. The second kappa shape index (κ2) is 13.4. The summed E-state index contributed by atoms with van der Waals surface area (Å²) in [7, 11) is 1.65. The molecule has 2 amide bonds. The van der Waals surface area contributed by atoms with Crippen LogP contribution in [0.5, 0.6) is 5.75 Å². The van der Waals surface area contributed by atoms with Crippen LogP contribution >= 0.6 is 11.8 Å². The van der Waals surface area contributed by atoms with E-state index in [0.717, 1.165) is 48.3 Å². The first-order chi connectivity index (χ1) is 16.5. The van der Waals surface area contributed by atoms with Gasteiger partial charge in [-0.1, -0.05) is 68.1 Å². The lowest BCUT2D eigenvalue weighted by Crippen LogP contribution is -2.52. The molecule has 0 radical (unpaired) electrons. The SMILES string of the molecule is CC[C@H](C(=O)NC1CCCCC1)N(Cc1ccc(C)cc1)C(=O)CSCc1ccc(OC)cc1. The van der Waals surface area contributed by atoms with Gasteiger partial charge in [-0.3, -0.25) is 9.59 Å². The van der Waals surface area contributed by atoms with Gasteiger partial charge in [-0.05, 0) is 49.4 Å². The predicted molar refractivity (Wildman–Crippen MR) is 140 cm³/mol. The molecule has 5 nitrogen and oxygen atoms in total. The van der Waals surface area contributed by atoms with Crippen molar-refractivity contribution in [2.24, 2.45) is 0 Å². The Labute approximate surface area is 208 Å². The van der Waals surface area contributed by atoms with Gasteiger partial charge in [0.05, 0.1) is 12.9 Å². The second-order valence-electron chi connectivity index (χ2n) is 9.12. The zero-order valence-electron chi connectivity index (χ0n) is 20.7. The van der Waals surface area contributed by atoms with Crippen LogP contribution in [-0.4, -0.2) is 41.7 Å². The highest BCUT2D eigenvalue weighted by molar-refractivity contribution is 7.99. The molecule has 2 aromatic carbocycles. The van der Waals surface area contributed by atoms with E-state index in [4.69, 9.17) is 4.74 Å². The van der Waals surface area contributed by atoms with E-state index in [1.807, 2.05) is 43.3 Å². The van der Waals surface area contributed by atoms with Crippen LogP contribution in [0.3, 0.4) is 0 Å². The van der Waals surface area contributed by atoms with E-state index in [1.54, 1.807) is 23.8 Å². The summed E-state index contributed by atoms with van der Waals surface area (Å²) < 4.78 is 5.22. The largest absolute Gasteiger partial charge is 0.497 e. The number of carbonyl (C=O) groups excluding carboxylic acids is 2. The number of ether oxygens (including phenoxy) is 1. The van der Waals surface area contributed by atoms with E-state index in [9.17, 15) is 9.59 Å². The fraction of sp³-hybridized carbons (Fsp3) is 0.500. The Balaban J connectivity index is 1.67. The summed E-state index contributed by atoms with van der Waals surface area (Å²) >= 11 is 1.58. The van der Waals surface area contributed by atoms with Crippen LogP contribution in [0.4, 0.5) is 0 Å². The molecular weight excluding hydrogens is 444 g/mol. The van der Waals surface area contributed by atoms with Crippen molar-refractivity contribution in [1.29, 1.82) is 0 Å². The van der Waals surface area contributed by atoms with Crippen LogP contribution in [0.25, 0.3) is 0 Å². The minimum absolute atomic E-state index is 0.00438. The van der Waals surface area contributed by atoms with Crippen LogP contribution < -0.4 is 10.1 Å². The molecule has 184 valence electrons. The first-order valence-electron chi connectivity index (χ1n) is 12.4. The molecule has 0 bridgehead atoms. The molecule has 0 spiro atoms. The maximum Gasteiger partial charge on any atom is 0.243 e. The highest BCUT2D eigenvalue weighted by Gasteiger charge is 2.30. The Hall–Kier alpha value is -2.47. The molecule has 0 unspecified atom stereocenters. The minimum atomic E-state index is -0.461. The van der Waals surface area contributed by atoms with E-state index in [2.05, 4.69) is 24.4 Å². The third kappa shape index (κ3) is 7.79. The van der Waals surface area contributed by atoms with E-state index < -0.39 is 6.04 Å². The number of hydrogen-bond donors (Lipinski definition) is 1. The van der Waals surface area contributed by atoms with Gasteiger partial charge in [0.15, 0.2) is 0 Å². The molecule has 2 aromatic rings. The summed E-state index contributed by atoms with van der Waals surface area (Å²) in [5, 5.41) is 3.24. The number of aryl methyl sites for hydroxylation is 1. The number of nitrogens with one attached hydrogen (secondary N) is 1. The third-order valence-corrected chi connectivity index (χ3v) is 7.45. The molecule has 1 N–H and O–H groups in total. The Morgan fingerprint density at radius 2 is 1.68 bits per heavy atom. The highest BCUT2D eigenvalue weighted by Crippen LogP contribution is 2.21. The number of thioether (sulfide) groups is 1. The first-order valence-corrected chi connectivity index (χ1v) is 13.5. The number of methoxy groups -OCH3 is 1. The molecule has 0 saturated heterocycles. The fourth-order valence-corrected chi connectivity index (χ4v) is 5.29. The maximum atomic E-state index is 13.4. The van der Waals surface area contributed by atoms with Crippen LogP contribution in [0.1, 0.15) is 62.1 Å². The Kier molecular flexibility index (Phi) is 10.3. The molecule has 0 aliphatic heterocycles. The third-order valence-electron chi connectivity index (χ3n) is 6.46. The molecule has 1 aliphatic carbocycles. The van der Waals surface area contributed by atoms with Crippen LogP contribution in [0.15, 0.2) is 48.5 Å². The van der Waals surface area contributed by atoms with Gasteiger partial charge >= 0.3 is 0 Å². The molecule has 34 heavy (non-hydrogen) atoms. The van der Waals surface area contributed by atoms with Gasteiger partial charge < -0.3 is 15.0 Å². The van der Waals surface area contributed by atoms with Gasteiger partial charge in [0, 0.05) is 18.3 Å². The van der Waals surface area contributed by atoms with Crippen LogP contribution in [0, 0.1) is 6.92 Å². The van der Waals surface area contributed by atoms with Gasteiger partial charge in [-0.2, -0.15) is 0 Å². The number of amides is 2. The van der Waals surface area contributed by atoms with Crippen molar-refractivity contribution in [3.63, 3.8) is 0 Å². The summed E-state index contributed by atoms with van der Waals surface area (Å²) in [6, 6.07) is 15.9. The molecular formula is C28H38N2O3S. The van der Waals surface area contributed by atoms with Crippen molar-refractivity contribution >= 4 is 23.6 Å². The average molecular weight is 483 g/mol. The summed E-state index contributed by atoms with van der Waals surface area (Å²) in [5.74, 6) is 1.88. The monoisotopic (exact) mass is 482 g/mol. The standard InChI is InChI=1S/C28H38N2O3S/c1-4-26(28(32)29-24-8-6-5-7-9-24)30(18-22-12-10-21(2)11-13-22)27(31)20-34-19-23-14-16-25(33-3)17-15-23/h10-17,24,26H,4-9,18-20H2,1-3H3,(H,29,32)/t26-/m1/s1. The summed E-state index contributed by atoms with van der Waals surface area (Å²) in [6.07, 6.45) is 6.23. The van der Waals surface area contributed by atoms with Crippen molar-refractivity contribution < 1.29 is 14.3 Å². The Bertz CT molecular complexity index is 908. The van der Waals surface area contributed by atoms with Crippen LogP contribution in [0.2, 0.25) is 0 Å². The smallest absolute Gasteiger partial charge is 0.243 e. The normalized spacial score (nSPS) is 14.9. The van der Waals surface area contributed by atoms with Gasteiger partial charge in [0.25, 0.3) is 0 Å². The van der Waals surface area contributed by atoms with Gasteiger partial charge in [-0.25, -0.2) is 0 Å². The molecule has 0 heterocycles. The number of carbonyl (C=O) groups is 2. The van der Waals surface area contributed by atoms with Crippen molar-refractivity contribution in [2.75, 3.05) is 12.9 Å².